The van der Waals surface area contributed by atoms with E-state index >= 15 is 0 Å². The fourth-order valence-electron chi connectivity index (χ4n) is 2.62. The number of carbonyl (C=O) groups excluding carboxylic acids is 1. The molecule has 0 spiro atoms. The summed E-state index contributed by atoms with van der Waals surface area (Å²) in [7, 11) is 1.15. The first-order chi connectivity index (χ1) is 16.9. The van der Waals surface area contributed by atoms with Crippen molar-refractivity contribution in [1.82, 2.24) is 0 Å². The SMILES string of the molecule is C[N+](C)(CCC(F)(F)C(F)(F)C(F)(F)C(F)(F)C(F)(F)C(F)(F)C(F)(F)C(F)(F)C(F)(F)C(F)(F)F)CC(=O)[O-]. The van der Waals surface area contributed by atoms with Crippen LogP contribution >= 0.6 is 0 Å². The summed E-state index contributed by atoms with van der Waals surface area (Å²) in [6.07, 6.45) is -10.9. The number of carboxylic acids is 1. The topological polar surface area (TPSA) is 40.1 Å². The molecule has 0 unspecified atom stereocenters. The van der Waals surface area contributed by atoms with E-state index < -0.39 is 89.4 Å². The van der Waals surface area contributed by atoms with Crippen molar-refractivity contribution in [3.8, 4) is 0 Å². The van der Waals surface area contributed by atoms with Crippen molar-refractivity contribution in [1.29, 1.82) is 0 Å². The van der Waals surface area contributed by atoms with Crippen molar-refractivity contribution in [2.75, 3.05) is 27.2 Å². The molecule has 0 amide bonds. The maximum Gasteiger partial charge on any atom is 0.460 e. The molecule has 0 aromatic rings. The summed E-state index contributed by atoms with van der Waals surface area (Å²) in [5.74, 6) is -79.5. The minimum Gasteiger partial charge on any atom is -0.544 e. The Kier molecular flexibility index (Phi) is 9.27. The van der Waals surface area contributed by atoms with Crippen molar-refractivity contribution < 1.29 is 107 Å². The van der Waals surface area contributed by atoms with Crippen molar-refractivity contribution in [3.63, 3.8) is 0 Å². The molecule has 0 saturated heterocycles. The van der Waals surface area contributed by atoms with Gasteiger partial charge < -0.3 is 14.4 Å². The van der Waals surface area contributed by atoms with Crippen LogP contribution in [0.4, 0.5) is 92.2 Å². The third kappa shape index (κ3) is 5.31. The van der Waals surface area contributed by atoms with E-state index in [0.29, 0.717) is 14.1 Å². The van der Waals surface area contributed by atoms with E-state index in [4.69, 9.17) is 0 Å². The molecule has 0 radical (unpaired) electrons. The van der Waals surface area contributed by atoms with E-state index in [1.165, 1.54) is 0 Å². The number of carboxylic acid groups (broad SMARTS) is 1. The van der Waals surface area contributed by atoms with Crippen LogP contribution in [0.2, 0.25) is 0 Å². The molecule has 0 rings (SSSR count). The lowest BCUT2D eigenvalue weighted by Crippen LogP contribution is -2.76. The highest BCUT2D eigenvalue weighted by Crippen LogP contribution is 2.66. The van der Waals surface area contributed by atoms with Crippen LogP contribution in [-0.4, -0.2) is 97.1 Å². The minimum absolute atomic E-state index is 0.574. The van der Waals surface area contributed by atoms with Crippen LogP contribution in [0.5, 0.6) is 0 Å². The largest absolute Gasteiger partial charge is 0.544 e. The zero-order chi connectivity index (χ0) is 33.2. The summed E-state index contributed by atoms with van der Waals surface area (Å²) in [5, 5.41) is 10.4. The summed E-state index contributed by atoms with van der Waals surface area (Å²) in [5.41, 5.74) is 0. The maximum atomic E-state index is 13.8. The predicted molar refractivity (Wildman–Crippen MR) is 82.0 cm³/mol. The molecule has 24 heteroatoms. The molecule has 0 aliphatic rings. The number of nitrogens with zero attached hydrogens (tertiary/aromatic N) is 1. The van der Waals surface area contributed by atoms with Crippen LogP contribution in [0.25, 0.3) is 0 Å². The Balaban J connectivity index is 6.87. The average Bonchev–Trinajstić information content (AvgIpc) is 2.69. The lowest BCUT2D eigenvalue weighted by Gasteiger charge is -2.44. The van der Waals surface area contributed by atoms with Gasteiger partial charge in [-0.25, -0.2) is 0 Å². The number of carbonyl (C=O) groups is 1. The molecule has 0 aromatic carbocycles. The Morgan fingerprint density at radius 1 is 0.500 bits per heavy atom. The molecule has 40 heavy (non-hydrogen) atoms. The normalized spacial score (nSPS) is 16.4. The molecular formula is C16H12F21NO2. The molecule has 0 fully saturated rings. The number of aliphatic carboxylic acids is 1. The van der Waals surface area contributed by atoms with Gasteiger partial charge in [-0.3, -0.25) is 0 Å². The van der Waals surface area contributed by atoms with Crippen molar-refractivity contribution in [3.05, 3.63) is 0 Å². The molecule has 0 bridgehead atoms. The van der Waals surface area contributed by atoms with E-state index in [0.717, 1.165) is 0 Å². The van der Waals surface area contributed by atoms with Crippen LogP contribution in [0.1, 0.15) is 6.42 Å². The first-order valence-corrected chi connectivity index (χ1v) is 9.36. The number of halogens is 21. The molecule has 0 N–H and O–H groups in total. The van der Waals surface area contributed by atoms with Crippen LogP contribution in [0.15, 0.2) is 0 Å². The molecule has 0 aliphatic carbocycles. The first-order valence-electron chi connectivity index (χ1n) is 9.36. The number of quaternary nitrogens is 1. The second-order valence-corrected chi connectivity index (χ2v) is 8.74. The van der Waals surface area contributed by atoms with Gasteiger partial charge in [0.05, 0.1) is 33.0 Å². The van der Waals surface area contributed by atoms with E-state index in [9.17, 15) is 102 Å². The summed E-state index contributed by atoms with van der Waals surface area (Å²) in [6.45, 7) is -3.13. The highest BCUT2D eigenvalue weighted by molar-refractivity contribution is 5.65. The average molecular weight is 649 g/mol. The fraction of sp³-hybridized carbons (Fsp3) is 0.938. The summed E-state index contributed by atoms with van der Waals surface area (Å²) in [6, 6.07) is 0. The third-order valence-electron chi connectivity index (χ3n) is 5.16. The number of hydrogen-bond acceptors (Lipinski definition) is 2. The smallest absolute Gasteiger partial charge is 0.460 e. The lowest BCUT2D eigenvalue weighted by atomic mass is 9.86. The molecule has 240 valence electrons. The zero-order valence-electron chi connectivity index (χ0n) is 18.8. The van der Waals surface area contributed by atoms with Gasteiger partial charge in [-0.2, -0.15) is 92.2 Å². The van der Waals surface area contributed by atoms with Crippen LogP contribution in [0.3, 0.4) is 0 Å². The second kappa shape index (κ2) is 9.76. The molecule has 0 aliphatic heterocycles. The molecular weight excluding hydrogens is 637 g/mol. The Bertz CT molecular complexity index is 935. The number of rotatable bonds is 13. The second-order valence-electron chi connectivity index (χ2n) is 8.74. The van der Waals surface area contributed by atoms with Gasteiger partial charge in [-0.05, 0) is 0 Å². The number of alkyl halides is 21. The molecule has 0 saturated carbocycles. The lowest BCUT2D eigenvalue weighted by molar-refractivity contribution is -0.886. The maximum absolute atomic E-state index is 13.8. The van der Waals surface area contributed by atoms with Gasteiger partial charge in [0.1, 0.15) is 6.54 Å². The van der Waals surface area contributed by atoms with E-state index in [1.807, 2.05) is 0 Å². The van der Waals surface area contributed by atoms with E-state index in [2.05, 4.69) is 0 Å². The molecule has 3 nitrogen and oxygen atoms in total. The summed E-state index contributed by atoms with van der Waals surface area (Å²) < 4.78 is 278. The standard InChI is InChI=1S/C16H12F21NO2/c1-38(2,5-6(39)40)4-3-7(17,18)8(19,20)9(21,22)10(23,24)11(25,26)12(27,28)13(29,30)14(31,32)15(33,34)16(35,36)37/h3-5H2,1-2H3. The Morgan fingerprint density at radius 3 is 1.00 bits per heavy atom. The van der Waals surface area contributed by atoms with Crippen molar-refractivity contribution >= 4 is 5.97 Å². The Hall–Kier alpha value is -2.04. The highest BCUT2D eigenvalue weighted by Gasteiger charge is 2.97. The van der Waals surface area contributed by atoms with E-state index in [-0.39, 0.29) is 0 Å². The van der Waals surface area contributed by atoms with E-state index in [1.54, 1.807) is 0 Å². The van der Waals surface area contributed by atoms with Crippen LogP contribution in [-0.2, 0) is 4.79 Å². The third-order valence-corrected chi connectivity index (χ3v) is 5.16. The van der Waals surface area contributed by atoms with Gasteiger partial charge in [-0.1, -0.05) is 0 Å². The van der Waals surface area contributed by atoms with Gasteiger partial charge >= 0.3 is 59.5 Å². The Labute approximate surface area is 207 Å². The van der Waals surface area contributed by atoms with Gasteiger partial charge in [-0.15, -0.1) is 0 Å². The molecule has 0 atom stereocenters. The summed E-state index contributed by atoms with van der Waals surface area (Å²) in [4.78, 5) is 10.4. The van der Waals surface area contributed by atoms with Crippen molar-refractivity contribution in [2.45, 2.75) is 65.9 Å². The Morgan fingerprint density at radius 2 is 0.750 bits per heavy atom. The van der Waals surface area contributed by atoms with Gasteiger partial charge in [0.25, 0.3) is 0 Å². The number of hydrogen-bond donors (Lipinski definition) is 0. The quantitative estimate of drug-likeness (QED) is 0.196. The zero-order valence-corrected chi connectivity index (χ0v) is 18.8. The molecule has 0 aromatic heterocycles. The van der Waals surface area contributed by atoms with Crippen LogP contribution < -0.4 is 5.11 Å². The summed E-state index contributed by atoms with van der Waals surface area (Å²) >= 11 is 0. The minimum atomic E-state index is -9.22. The predicted octanol–water partition coefficient (Wildman–Crippen LogP) is 5.48. The fourth-order valence-corrected chi connectivity index (χ4v) is 2.62. The molecule has 0 heterocycles. The van der Waals surface area contributed by atoms with Gasteiger partial charge in [0.2, 0.25) is 0 Å². The van der Waals surface area contributed by atoms with Crippen LogP contribution in [0, 0.1) is 0 Å². The number of likely N-dealkylation sites (N-methyl/N-ethyl adjacent to an activating group) is 1. The van der Waals surface area contributed by atoms with Gasteiger partial charge in [0.15, 0.2) is 0 Å². The first kappa shape index (κ1) is 38.0. The highest BCUT2D eigenvalue weighted by atomic mass is 19.4. The van der Waals surface area contributed by atoms with Gasteiger partial charge in [0, 0.05) is 0 Å². The monoisotopic (exact) mass is 649 g/mol. The van der Waals surface area contributed by atoms with Crippen molar-refractivity contribution in [2.24, 2.45) is 0 Å².